The van der Waals surface area contributed by atoms with Gasteiger partial charge in [-0.25, -0.2) is 0 Å². The van der Waals surface area contributed by atoms with Crippen LogP contribution in [0.15, 0.2) is 36.9 Å². The highest BCUT2D eigenvalue weighted by Gasteiger charge is 2.77. The van der Waals surface area contributed by atoms with Crippen molar-refractivity contribution in [3.63, 3.8) is 0 Å². The number of unbranched alkanes of at least 4 members (excludes halogenated alkanes) is 2. The number of fused-ring (bicyclic) bond motifs is 1. The first-order valence-corrected chi connectivity index (χ1v) is 13.7. The molecule has 1 N–H and O–H groups in total. The molecule has 6 atom stereocenters. The first-order chi connectivity index (χ1) is 17.8. The molecule has 0 aliphatic carbocycles. The SMILES string of the molecule is C=CCN(C(=O)C1N(CCCCCO)C(=O)[C@@H]2[C@@H](C(=O)OCC)[C@@H]3OC12CC3Br)c1ccc(OC)cc1. The van der Waals surface area contributed by atoms with Crippen LogP contribution in [0.4, 0.5) is 5.69 Å². The van der Waals surface area contributed by atoms with E-state index < -0.39 is 35.6 Å². The fourth-order valence-corrected chi connectivity index (χ4v) is 7.03. The van der Waals surface area contributed by atoms with Crippen LogP contribution in [0.1, 0.15) is 32.6 Å². The van der Waals surface area contributed by atoms with E-state index in [1.54, 1.807) is 54.2 Å². The van der Waals surface area contributed by atoms with Gasteiger partial charge in [0.2, 0.25) is 5.91 Å². The quantitative estimate of drug-likeness (QED) is 0.176. The Labute approximate surface area is 225 Å². The third kappa shape index (κ3) is 4.79. The lowest BCUT2D eigenvalue weighted by atomic mass is 9.70. The number of benzene rings is 1. The first-order valence-electron chi connectivity index (χ1n) is 12.8. The number of rotatable bonds is 12. The zero-order chi connectivity index (χ0) is 26.7. The Balaban J connectivity index is 1.74. The Hall–Kier alpha value is -2.43. The second-order valence-electron chi connectivity index (χ2n) is 9.67. The van der Waals surface area contributed by atoms with Gasteiger partial charge in [0.1, 0.15) is 17.4 Å². The van der Waals surface area contributed by atoms with E-state index in [2.05, 4.69) is 22.5 Å². The number of ether oxygens (including phenoxy) is 3. The molecule has 1 aromatic rings. The monoisotopic (exact) mass is 578 g/mol. The van der Waals surface area contributed by atoms with E-state index in [0.29, 0.717) is 43.7 Å². The Kier molecular flexibility index (Phi) is 8.60. The molecule has 3 fully saturated rings. The number of nitrogens with zero attached hydrogens (tertiary/aromatic N) is 2. The topological polar surface area (TPSA) is 106 Å². The van der Waals surface area contributed by atoms with Gasteiger partial charge < -0.3 is 29.1 Å². The van der Waals surface area contributed by atoms with Gasteiger partial charge in [-0.3, -0.25) is 14.4 Å². The van der Waals surface area contributed by atoms with E-state index in [0.717, 1.165) is 0 Å². The molecule has 3 unspecified atom stereocenters. The average Bonchev–Trinajstić information content (AvgIpc) is 3.48. The van der Waals surface area contributed by atoms with Crippen LogP contribution in [0, 0.1) is 11.8 Å². The highest BCUT2D eigenvalue weighted by molar-refractivity contribution is 9.09. The van der Waals surface area contributed by atoms with Gasteiger partial charge in [0.05, 0.1) is 31.7 Å². The van der Waals surface area contributed by atoms with Crippen molar-refractivity contribution in [2.75, 3.05) is 38.3 Å². The molecule has 2 amide bonds. The zero-order valence-corrected chi connectivity index (χ0v) is 22.9. The summed E-state index contributed by atoms with van der Waals surface area (Å²) in [5.74, 6) is -1.92. The average molecular weight is 579 g/mol. The van der Waals surface area contributed by atoms with Crippen LogP contribution >= 0.6 is 15.9 Å². The number of halogens is 1. The van der Waals surface area contributed by atoms with Crippen LogP contribution < -0.4 is 9.64 Å². The maximum absolute atomic E-state index is 14.4. The summed E-state index contributed by atoms with van der Waals surface area (Å²) in [7, 11) is 1.57. The number of likely N-dealkylation sites (tertiary alicyclic amines) is 1. The molecule has 3 aliphatic heterocycles. The van der Waals surface area contributed by atoms with Crippen molar-refractivity contribution in [3.05, 3.63) is 36.9 Å². The molecule has 202 valence electrons. The van der Waals surface area contributed by atoms with E-state index in [-0.39, 0.29) is 36.4 Å². The lowest BCUT2D eigenvalue weighted by Gasteiger charge is -2.37. The Morgan fingerprint density at radius 1 is 1.30 bits per heavy atom. The maximum Gasteiger partial charge on any atom is 0.312 e. The zero-order valence-electron chi connectivity index (χ0n) is 21.3. The number of amides is 2. The van der Waals surface area contributed by atoms with Gasteiger partial charge in [0.25, 0.3) is 5.91 Å². The molecule has 3 aliphatic rings. The summed E-state index contributed by atoms with van der Waals surface area (Å²) in [6.45, 7) is 6.38. The molecule has 2 bridgehead atoms. The van der Waals surface area contributed by atoms with E-state index in [9.17, 15) is 19.5 Å². The van der Waals surface area contributed by atoms with Gasteiger partial charge in [-0.05, 0) is 56.9 Å². The number of esters is 1. The van der Waals surface area contributed by atoms with Gasteiger partial charge in [0, 0.05) is 30.2 Å². The lowest BCUT2D eigenvalue weighted by Crippen LogP contribution is -2.57. The summed E-state index contributed by atoms with van der Waals surface area (Å²) in [4.78, 5) is 44.3. The van der Waals surface area contributed by atoms with Crippen LogP contribution in [0.2, 0.25) is 0 Å². The number of hydrogen-bond donors (Lipinski definition) is 1. The van der Waals surface area contributed by atoms with Crippen molar-refractivity contribution < 1.29 is 33.7 Å². The number of alkyl halides is 1. The molecule has 3 saturated heterocycles. The fraction of sp³-hybridized carbons (Fsp3) is 0.593. The summed E-state index contributed by atoms with van der Waals surface area (Å²) in [5, 5.41) is 9.20. The largest absolute Gasteiger partial charge is 0.497 e. The van der Waals surface area contributed by atoms with Crippen molar-refractivity contribution in [3.8, 4) is 5.75 Å². The van der Waals surface area contributed by atoms with Gasteiger partial charge in [-0.1, -0.05) is 22.0 Å². The van der Waals surface area contributed by atoms with Crippen molar-refractivity contribution >= 4 is 39.4 Å². The normalized spacial score (nSPS) is 29.8. The summed E-state index contributed by atoms with van der Waals surface area (Å²) in [6.07, 6.45) is 3.46. The van der Waals surface area contributed by atoms with E-state index >= 15 is 0 Å². The number of anilines is 1. The van der Waals surface area contributed by atoms with Gasteiger partial charge >= 0.3 is 5.97 Å². The number of carbonyl (C=O) groups is 3. The van der Waals surface area contributed by atoms with Gasteiger partial charge in [-0.15, -0.1) is 6.58 Å². The van der Waals surface area contributed by atoms with Crippen molar-refractivity contribution in [1.29, 1.82) is 0 Å². The van der Waals surface area contributed by atoms with Crippen LogP contribution in [-0.4, -0.2) is 83.8 Å². The minimum atomic E-state index is -1.15. The van der Waals surface area contributed by atoms with E-state index in [1.165, 1.54) is 0 Å². The smallest absolute Gasteiger partial charge is 0.312 e. The third-order valence-corrected chi connectivity index (χ3v) is 8.45. The number of aliphatic hydroxyl groups is 1. The second kappa shape index (κ2) is 11.5. The lowest BCUT2D eigenvalue weighted by molar-refractivity contribution is -0.154. The highest BCUT2D eigenvalue weighted by atomic mass is 79.9. The number of hydrogen-bond acceptors (Lipinski definition) is 7. The molecule has 3 heterocycles. The van der Waals surface area contributed by atoms with Gasteiger partial charge in [-0.2, -0.15) is 0 Å². The maximum atomic E-state index is 14.4. The standard InChI is InChI=1S/C27H35BrN2O7/c1-4-13-29(17-9-11-18(35-3)12-10-17)25(33)23-27-16-19(28)22(37-27)20(26(34)36-5-2)21(27)24(32)30(23)14-7-6-8-15-31/h4,9-12,19-23,31H,1,5-8,13-16H2,2-3H3/t19?,20-,21+,22-,23?,27?/m1/s1. The molecular weight excluding hydrogens is 544 g/mol. The van der Waals surface area contributed by atoms with E-state index in [1.807, 2.05) is 0 Å². The molecule has 9 nitrogen and oxygen atoms in total. The number of carbonyl (C=O) groups excluding carboxylic acids is 3. The summed E-state index contributed by atoms with van der Waals surface area (Å²) < 4.78 is 17.1. The van der Waals surface area contributed by atoms with Crippen LogP contribution in [0.25, 0.3) is 0 Å². The van der Waals surface area contributed by atoms with Gasteiger partial charge in [0.15, 0.2) is 0 Å². The summed E-state index contributed by atoms with van der Waals surface area (Å²) in [5.41, 5.74) is -0.504. The second-order valence-corrected chi connectivity index (χ2v) is 10.8. The molecule has 0 radical (unpaired) electrons. The summed E-state index contributed by atoms with van der Waals surface area (Å²) in [6, 6.07) is 6.22. The molecule has 37 heavy (non-hydrogen) atoms. The minimum Gasteiger partial charge on any atom is -0.497 e. The van der Waals surface area contributed by atoms with E-state index in [4.69, 9.17) is 14.2 Å². The fourth-order valence-electron chi connectivity index (χ4n) is 6.09. The van der Waals surface area contributed by atoms with Crippen molar-refractivity contribution in [1.82, 2.24) is 4.90 Å². The minimum absolute atomic E-state index is 0.0639. The first kappa shape index (κ1) is 27.6. The van der Waals surface area contributed by atoms with Crippen LogP contribution in [0.3, 0.4) is 0 Å². The molecule has 0 aromatic heterocycles. The molecule has 4 rings (SSSR count). The van der Waals surface area contributed by atoms with Crippen molar-refractivity contribution in [2.24, 2.45) is 11.8 Å². The summed E-state index contributed by atoms with van der Waals surface area (Å²) >= 11 is 3.66. The highest BCUT2D eigenvalue weighted by Crippen LogP contribution is 2.60. The predicted molar refractivity (Wildman–Crippen MR) is 141 cm³/mol. The number of aliphatic hydroxyl groups excluding tert-OH is 1. The third-order valence-electron chi connectivity index (χ3n) is 7.60. The molecule has 1 spiro atoms. The molecule has 1 aromatic carbocycles. The predicted octanol–water partition coefficient (Wildman–Crippen LogP) is 2.69. The Bertz CT molecular complexity index is 1020. The molecule has 10 heteroatoms. The Morgan fingerprint density at radius 2 is 2.03 bits per heavy atom. The molecule has 0 saturated carbocycles. The number of methoxy groups -OCH3 is 1. The molecular formula is C27H35BrN2O7. The van der Waals surface area contributed by atoms with Crippen molar-refractivity contribution in [2.45, 2.75) is 55.2 Å². The Morgan fingerprint density at radius 3 is 2.65 bits per heavy atom. The van der Waals surface area contributed by atoms with Crippen LogP contribution in [-0.2, 0) is 23.9 Å². The van der Waals surface area contributed by atoms with Crippen LogP contribution in [0.5, 0.6) is 5.75 Å².